The van der Waals surface area contributed by atoms with E-state index in [0.29, 0.717) is 12.6 Å². The van der Waals surface area contributed by atoms with E-state index in [9.17, 15) is 4.79 Å². The molecule has 100 valence electrons. The molecule has 0 spiro atoms. The molecule has 1 atom stereocenters. The molecule has 0 N–H and O–H groups in total. The second-order valence-electron chi connectivity index (χ2n) is 5.40. The van der Waals surface area contributed by atoms with Crippen LogP contribution in [0, 0.1) is 0 Å². The van der Waals surface area contributed by atoms with Crippen molar-refractivity contribution in [3.8, 4) is 0 Å². The molecule has 18 heavy (non-hydrogen) atoms. The standard InChI is InChI=1S/C14H23N3O/c1-15-8-4-6-12(10-15)17(3)11-14(18)13-7-5-9-16(13)2/h5,7,9,12H,4,6,8,10-11H2,1-3H3. The zero-order valence-electron chi connectivity index (χ0n) is 11.6. The summed E-state index contributed by atoms with van der Waals surface area (Å²) in [5.74, 6) is 0.207. The van der Waals surface area contributed by atoms with Gasteiger partial charge in [0.1, 0.15) is 0 Å². The summed E-state index contributed by atoms with van der Waals surface area (Å²) in [7, 11) is 6.13. The Bertz CT molecular complexity index is 413. The van der Waals surface area contributed by atoms with Gasteiger partial charge in [-0.15, -0.1) is 0 Å². The lowest BCUT2D eigenvalue weighted by atomic mass is 10.0. The molecule has 1 aliphatic rings. The minimum absolute atomic E-state index is 0.207. The van der Waals surface area contributed by atoms with E-state index in [1.165, 1.54) is 19.4 Å². The summed E-state index contributed by atoms with van der Waals surface area (Å²) in [5.41, 5.74) is 0.797. The van der Waals surface area contributed by atoms with E-state index in [4.69, 9.17) is 0 Å². The third-order valence-electron chi connectivity index (χ3n) is 3.85. The Morgan fingerprint density at radius 2 is 2.28 bits per heavy atom. The summed E-state index contributed by atoms with van der Waals surface area (Å²) in [5, 5.41) is 0. The number of nitrogens with zero attached hydrogens (tertiary/aromatic N) is 3. The van der Waals surface area contributed by atoms with Crippen LogP contribution in [0.1, 0.15) is 23.3 Å². The minimum Gasteiger partial charge on any atom is -0.348 e. The SMILES string of the molecule is CN1CCCC(N(C)CC(=O)c2cccn2C)C1. The number of hydrogen-bond acceptors (Lipinski definition) is 3. The normalized spacial score (nSPS) is 21.4. The molecule has 0 aromatic carbocycles. The first-order chi connectivity index (χ1) is 8.58. The number of rotatable bonds is 4. The monoisotopic (exact) mass is 249 g/mol. The number of aryl methyl sites for hydroxylation is 1. The molecule has 1 fully saturated rings. The van der Waals surface area contributed by atoms with E-state index < -0.39 is 0 Å². The number of aromatic nitrogens is 1. The number of ketones is 1. The predicted octanol–water partition coefficient (Wildman–Crippen LogP) is 1.23. The quantitative estimate of drug-likeness (QED) is 0.752. The van der Waals surface area contributed by atoms with Gasteiger partial charge in [-0.25, -0.2) is 0 Å². The first-order valence-electron chi connectivity index (χ1n) is 6.61. The van der Waals surface area contributed by atoms with E-state index in [2.05, 4.69) is 23.9 Å². The van der Waals surface area contributed by atoms with Gasteiger partial charge in [-0.05, 0) is 45.6 Å². The van der Waals surface area contributed by atoms with Crippen LogP contribution in [0.3, 0.4) is 0 Å². The average molecular weight is 249 g/mol. The number of likely N-dealkylation sites (N-methyl/N-ethyl adjacent to an activating group) is 2. The fourth-order valence-corrected chi connectivity index (χ4v) is 2.69. The van der Waals surface area contributed by atoms with Crippen LogP contribution in [0.25, 0.3) is 0 Å². The Morgan fingerprint density at radius 1 is 1.50 bits per heavy atom. The summed E-state index contributed by atoms with van der Waals surface area (Å²) in [6.45, 7) is 2.75. The molecule has 1 saturated heterocycles. The van der Waals surface area contributed by atoms with Crippen molar-refractivity contribution in [2.24, 2.45) is 7.05 Å². The molecule has 2 heterocycles. The Morgan fingerprint density at radius 3 is 2.89 bits per heavy atom. The molecular formula is C14H23N3O. The van der Waals surface area contributed by atoms with E-state index in [1.54, 1.807) is 0 Å². The van der Waals surface area contributed by atoms with Crippen LogP contribution in [-0.2, 0) is 7.05 Å². The van der Waals surface area contributed by atoms with Crippen LogP contribution in [0.5, 0.6) is 0 Å². The molecule has 1 aliphatic heterocycles. The maximum absolute atomic E-state index is 12.2. The van der Waals surface area contributed by atoms with Gasteiger partial charge >= 0.3 is 0 Å². The van der Waals surface area contributed by atoms with E-state index >= 15 is 0 Å². The van der Waals surface area contributed by atoms with Crippen molar-refractivity contribution < 1.29 is 4.79 Å². The third-order valence-corrected chi connectivity index (χ3v) is 3.85. The van der Waals surface area contributed by atoms with Crippen molar-refractivity contribution in [3.63, 3.8) is 0 Å². The molecule has 0 bridgehead atoms. The highest BCUT2D eigenvalue weighted by Gasteiger charge is 2.23. The van der Waals surface area contributed by atoms with Crippen molar-refractivity contribution in [3.05, 3.63) is 24.0 Å². The van der Waals surface area contributed by atoms with Gasteiger partial charge in [0.25, 0.3) is 0 Å². The summed E-state index contributed by atoms with van der Waals surface area (Å²) in [4.78, 5) is 16.7. The van der Waals surface area contributed by atoms with Gasteiger partial charge in [0.05, 0.1) is 12.2 Å². The van der Waals surface area contributed by atoms with Crippen molar-refractivity contribution in [1.82, 2.24) is 14.4 Å². The zero-order valence-corrected chi connectivity index (χ0v) is 11.6. The Hall–Kier alpha value is -1.13. The molecule has 0 saturated carbocycles. The van der Waals surface area contributed by atoms with Crippen molar-refractivity contribution in [2.75, 3.05) is 33.7 Å². The fraction of sp³-hybridized carbons (Fsp3) is 0.643. The van der Waals surface area contributed by atoms with Crippen LogP contribution in [0.2, 0.25) is 0 Å². The van der Waals surface area contributed by atoms with Gasteiger partial charge < -0.3 is 9.47 Å². The van der Waals surface area contributed by atoms with Crippen molar-refractivity contribution >= 4 is 5.78 Å². The maximum atomic E-state index is 12.2. The second kappa shape index (κ2) is 5.67. The number of carbonyl (C=O) groups is 1. The van der Waals surface area contributed by atoms with Gasteiger partial charge in [-0.3, -0.25) is 9.69 Å². The second-order valence-corrected chi connectivity index (χ2v) is 5.40. The Balaban J connectivity index is 1.93. The highest BCUT2D eigenvalue weighted by molar-refractivity contribution is 5.96. The van der Waals surface area contributed by atoms with Gasteiger partial charge in [0.2, 0.25) is 0 Å². The van der Waals surface area contributed by atoms with Gasteiger partial charge in [0.15, 0.2) is 5.78 Å². The van der Waals surface area contributed by atoms with E-state index in [0.717, 1.165) is 12.2 Å². The fourth-order valence-electron chi connectivity index (χ4n) is 2.69. The molecule has 4 nitrogen and oxygen atoms in total. The average Bonchev–Trinajstić information content (AvgIpc) is 2.75. The van der Waals surface area contributed by atoms with Gasteiger partial charge in [0, 0.05) is 25.8 Å². The van der Waals surface area contributed by atoms with Crippen molar-refractivity contribution in [1.29, 1.82) is 0 Å². The maximum Gasteiger partial charge on any atom is 0.193 e. The van der Waals surface area contributed by atoms with Crippen LogP contribution >= 0.6 is 0 Å². The van der Waals surface area contributed by atoms with Crippen molar-refractivity contribution in [2.45, 2.75) is 18.9 Å². The topological polar surface area (TPSA) is 28.5 Å². The highest BCUT2D eigenvalue weighted by Crippen LogP contribution is 2.14. The first kappa shape index (κ1) is 13.3. The molecule has 0 radical (unpaired) electrons. The lowest BCUT2D eigenvalue weighted by Crippen LogP contribution is -2.46. The molecule has 0 aliphatic carbocycles. The van der Waals surface area contributed by atoms with Gasteiger partial charge in [-0.1, -0.05) is 0 Å². The number of piperidine rings is 1. The first-order valence-corrected chi connectivity index (χ1v) is 6.61. The predicted molar refractivity (Wildman–Crippen MR) is 72.9 cm³/mol. The summed E-state index contributed by atoms with van der Waals surface area (Å²) < 4.78 is 1.89. The van der Waals surface area contributed by atoms with Gasteiger partial charge in [-0.2, -0.15) is 0 Å². The number of carbonyl (C=O) groups excluding carboxylic acids is 1. The summed E-state index contributed by atoms with van der Waals surface area (Å²) in [6, 6.07) is 4.32. The highest BCUT2D eigenvalue weighted by atomic mass is 16.1. The third kappa shape index (κ3) is 3.00. The van der Waals surface area contributed by atoms with Crippen LogP contribution < -0.4 is 0 Å². The largest absolute Gasteiger partial charge is 0.348 e. The molecule has 2 rings (SSSR count). The Labute approximate surface area is 109 Å². The lowest BCUT2D eigenvalue weighted by Gasteiger charge is -2.35. The molecule has 1 aromatic heterocycles. The van der Waals surface area contributed by atoms with Crippen LogP contribution in [-0.4, -0.2) is 59.9 Å². The zero-order chi connectivity index (χ0) is 13.1. The Kier molecular flexibility index (Phi) is 4.19. The summed E-state index contributed by atoms with van der Waals surface area (Å²) in [6.07, 6.45) is 4.34. The molecule has 0 amide bonds. The number of Topliss-reactive ketones (excluding diaryl/α,β-unsaturated/α-hetero) is 1. The molecule has 4 heteroatoms. The van der Waals surface area contributed by atoms with E-state index in [-0.39, 0.29) is 5.78 Å². The lowest BCUT2D eigenvalue weighted by molar-refractivity contribution is 0.0850. The number of likely N-dealkylation sites (tertiary alicyclic amines) is 1. The minimum atomic E-state index is 0.207. The van der Waals surface area contributed by atoms with Crippen LogP contribution in [0.4, 0.5) is 0 Å². The smallest absolute Gasteiger partial charge is 0.193 e. The molecule has 1 unspecified atom stereocenters. The van der Waals surface area contributed by atoms with E-state index in [1.807, 2.05) is 29.9 Å². The number of hydrogen-bond donors (Lipinski definition) is 0. The molecule has 1 aromatic rings. The van der Waals surface area contributed by atoms with Crippen LogP contribution in [0.15, 0.2) is 18.3 Å². The summed E-state index contributed by atoms with van der Waals surface area (Å²) >= 11 is 0. The molecular weight excluding hydrogens is 226 g/mol.